The quantitative estimate of drug-likeness (QED) is 0.320. The molecule has 0 N–H and O–H groups in total. The van der Waals surface area contributed by atoms with Gasteiger partial charge in [-0.3, -0.25) is 0 Å². The first-order chi connectivity index (χ1) is 8.61. The molecule has 0 aliphatic carbocycles. The van der Waals surface area contributed by atoms with E-state index in [0.717, 1.165) is 0 Å². The predicted molar refractivity (Wildman–Crippen MR) is 84.4 cm³/mol. The first-order valence-electron chi connectivity index (χ1n) is 5.90. The summed E-state index contributed by atoms with van der Waals surface area (Å²) in [7, 11) is 0. The van der Waals surface area contributed by atoms with E-state index in [1.807, 2.05) is 25.2 Å². The second-order valence-corrected chi connectivity index (χ2v) is 24.2. The molecule has 4 rings (SSSR count). The average molecular weight is 691 g/mol. The van der Waals surface area contributed by atoms with Crippen LogP contribution >= 0.6 is 0 Å². The molecule has 0 atom stereocenters. The van der Waals surface area contributed by atoms with Crippen molar-refractivity contribution in [2.45, 2.75) is 27.7 Å². The fourth-order valence-electron chi connectivity index (χ4n) is 2.67. The van der Waals surface area contributed by atoms with Crippen LogP contribution in [0.25, 0.3) is 10.8 Å². The van der Waals surface area contributed by atoms with Gasteiger partial charge in [0.15, 0.2) is 0 Å². The summed E-state index contributed by atoms with van der Waals surface area (Å²) < 4.78 is 7.56. The van der Waals surface area contributed by atoms with Gasteiger partial charge in [-0.05, 0) is 0 Å². The number of benzene rings is 2. The van der Waals surface area contributed by atoms with E-state index < -0.39 is 0 Å². The van der Waals surface area contributed by atoms with E-state index in [1.165, 1.54) is 0 Å². The molecular weight excluding hydrogens is 679 g/mol. The van der Waals surface area contributed by atoms with E-state index >= 15 is 0 Å². The SMILES string of the molecule is Cc1c(C)c2c3c(c(C)c(C)c4c3c1[Te][Te]4)[Te][Te]2. The number of rotatable bonds is 0. The Balaban J connectivity index is 2.35. The van der Waals surface area contributed by atoms with Gasteiger partial charge in [0, 0.05) is 0 Å². The molecule has 0 fully saturated rings. The molecule has 0 spiro atoms. The van der Waals surface area contributed by atoms with Crippen LogP contribution in [-0.4, -0.2) is 68.2 Å². The molecule has 0 unspecified atom stereocenters. The van der Waals surface area contributed by atoms with Crippen molar-refractivity contribution >= 4 is 93.4 Å². The average Bonchev–Trinajstić information content (AvgIpc) is 2.96. The summed E-state index contributed by atoms with van der Waals surface area (Å²) in [6.07, 6.45) is 0. The second kappa shape index (κ2) is 4.68. The van der Waals surface area contributed by atoms with Gasteiger partial charge in [-0.25, -0.2) is 0 Å². The summed E-state index contributed by atoms with van der Waals surface area (Å²) in [6, 6.07) is 0. The molecule has 92 valence electrons. The van der Waals surface area contributed by atoms with E-state index in [-0.39, 0.29) is 68.2 Å². The van der Waals surface area contributed by atoms with Gasteiger partial charge in [-0.15, -0.1) is 0 Å². The van der Waals surface area contributed by atoms with Crippen LogP contribution in [0.2, 0.25) is 0 Å². The standard InChI is InChI=1S/C14H12Te4/c1-5-6(2)12-10-9-11(5)15-17-13(9)7(3)8(4)14(10)18-16-12/h1-4H3. The molecule has 2 heterocycles. The molecule has 2 aromatic carbocycles. The van der Waals surface area contributed by atoms with Crippen LogP contribution in [-0.2, 0) is 0 Å². The molecule has 0 bridgehead atoms. The van der Waals surface area contributed by atoms with Crippen molar-refractivity contribution in [2.75, 3.05) is 0 Å². The van der Waals surface area contributed by atoms with E-state index in [9.17, 15) is 0 Å². The normalized spacial score (nSPS) is 16.0. The first kappa shape index (κ1) is 13.5. The van der Waals surface area contributed by atoms with Crippen molar-refractivity contribution in [3.63, 3.8) is 0 Å². The van der Waals surface area contributed by atoms with Crippen molar-refractivity contribution in [1.82, 2.24) is 0 Å². The van der Waals surface area contributed by atoms with E-state index in [1.54, 1.807) is 22.3 Å². The molecule has 2 aliphatic rings. The minimum absolute atomic E-state index is 0.195. The van der Waals surface area contributed by atoms with E-state index in [2.05, 4.69) is 27.7 Å². The third-order valence-corrected chi connectivity index (χ3v) is 28.2. The number of hydrogen-bond donors (Lipinski definition) is 0. The molecule has 0 amide bonds. The molecule has 2 aromatic rings. The Morgan fingerprint density at radius 3 is 0.889 bits per heavy atom. The zero-order chi connectivity index (χ0) is 12.6. The molecule has 0 aromatic heterocycles. The van der Waals surface area contributed by atoms with Crippen molar-refractivity contribution in [1.29, 1.82) is 0 Å². The maximum absolute atomic E-state index is 2.42. The molecule has 2 aliphatic heterocycles. The zero-order valence-corrected chi connectivity index (χ0v) is 20.0. The topological polar surface area (TPSA) is 0 Å². The number of hydrogen-bond acceptors (Lipinski definition) is 0. The maximum atomic E-state index is 2.42. The van der Waals surface area contributed by atoms with Crippen molar-refractivity contribution in [3.8, 4) is 0 Å². The van der Waals surface area contributed by atoms with Crippen LogP contribution < -0.4 is 14.4 Å². The van der Waals surface area contributed by atoms with Gasteiger partial charge in [0.05, 0.1) is 0 Å². The van der Waals surface area contributed by atoms with Crippen molar-refractivity contribution in [2.24, 2.45) is 0 Å². The summed E-state index contributed by atoms with van der Waals surface area (Å²) >= 11 is 0.778. The predicted octanol–water partition coefficient (Wildman–Crippen LogP) is -0.751. The van der Waals surface area contributed by atoms with Gasteiger partial charge >= 0.3 is 143 Å². The van der Waals surface area contributed by atoms with Crippen molar-refractivity contribution in [3.05, 3.63) is 22.3 Å². The summed E-state index contributed by atoms with van der Waals surface area (Å²) in [5.74, 6) is 0. The fraction of sp³-hybridized carbons (Fsp3) is 0.286. The van der Waals surface area contributed by atoms with Crippen LogP contribution in [0.15, 0.2) is 0 Å². The van der Waals surface area contributed by atoms with Crippen LogP contribution in [0.5, 0.6) is 0 Å². The fourth-order valence-corrected chi connectivity index (χ4v) is 33.7. The van der Waals surface area contributed by atoms with E-state index in [4.69, 9.17) is 0 Å². The molecule has 18 heavy (non-hydrogen) atoms. The van der Waals surface area contributed by atoms with Gasteiger partial charge in [0.1, 0.15) is 0 Å². The van der Waals surface area contributed by atoms with Gasteiger partial charge in [-0.1, -0.05) is 0 Å². The van der Waals surface area contributed by atoms with Crippen molar-refractivity contribution < 1.29 is 0 Å². The van der Waals surface area contributed by atoms with Crippen LogP contribution in [0.4, 0.5) is 0 Å². The minimum atomic E-state index is 0.195. The van der Waals surface area contributed by atoms with Gasteiger partial charge in [0.2, 0.25) is 0 Å². The zero-order valence-electron chi connectivity index (χ0n) is 10.6. The molecule has 0 radical (unpaired) electrons. The third-order valence-electron chi connectivity index (χ3n) is 4.06. The Labute approximate surface area is 141 Å². The Kier molecular flexibility index (Phi) is 3.51. The second-order valence-electron chi connectivity index (χ2n) is 4.90. The first-order valence-corrected chi connectivity index (χ1v) is 25.2. The molecule has 0 saturated heterocycles. The molecule has 0 saturated carbocycles. The summed E-state index contributed by atoms with van der Waals surface area (Å²) in [5.41, 5.74) is 6.88. The molecular formula is C14H12Te4. The summed E-state index contributed by atoms with van der Waals surface area (Å²) in [4.78, 5) is 0. The van der Waals surface area contributed by atoms with Crippen LogP contribution in [0.1, 0.15) is 22.3 Å². The summed E-state index contributed by atoms with van der Waals surface area (Å²) in [5, 5.41) is 3.67. The Bertz CT molecular complexity index is 610. The van der Waals surface area contributed by atoms with Gasteiger partial charge < -0.3 is 0 Å². The Hall–Kier alpha value is 1.86. The molecule has 0 nitrogen and oxygen atoms in total. The van der Waals surface area contributed by atoms with E-state index in [0.29, 0.717) is 0 Å². The monoisotopic (exact) mass is 700 g/mol. The Morgan fingerprint density at radius 2 is 0.667 bits per heavy atom. The van der Waals surface area contributed by atoms with Gasteiger partial charge in [0.25, 0.3) is 0 Å². The van der Waals surface area contributed by atoms with Gasteiger partial charge in [-0.2, -0.15) is 0 Å². The van der Waals surface area contributed by atoms with Crippen LogP contribution in [0.3, 0.4) is 0 Å². The Morgan fingerprint density at radius 1 is 0.444 bits per heavy atom. The summed E-state index contributed by atoms with van der Waals surface area (Å²) in [6.45, 7) is 9.70. The third kappa shape index (κ3) is 1.63. The molecule has 4 heteroatoms. The van der Waals surface area contributed by atoms with Crippen LogP contribution in [0, 0.1) is 27.7 Å².